The Hall–Kier alpha value is -1.55. The summed E-state index contributed by atoms with van der Waals surface area (Å²) in [6.45, 7) is 2.08. The Labute approximate surface area is 89.2 Å². The average molecular weight is 208 g/mol. The van der Waals surface area contributed by atoms with Crippen molar-refractivity contribution in [1.82, 2.24) is 0 Å². The molecule has 0 saturated carbocycles. The van der Waals surface area contributed by atoms with Crippen molar-refractivity contribution < 1.29 is 9.53 Å². The van der Waals surface area contributed by atoms with Gasteiger partial charge in [-0.15, -0.1) is 0 Å². The lowest BCUT2D eigenvalue weighted by atomic mass is 10.1. The van der Waals surface area contributed by atoms with E-state index in [1.165, 1.54) is 0 Å². The first-order valence-corrected chi connectivity index (χ1v) is 4.85. The number of para-hydroxylation sites is 1. The highest BCUT2D eigenvalue weighted by Gasteiger charge is 2.08. The molecule has 1 amide bonds. The standard InChI is InChI=1S/C11H16N2O2/c1-8(11(13)14)15-7-6-9-4-2-3-5-10(9)12/h2-5,8H,6-7,12H2,1H3,(H2,13,14). The quantitative estimate of drug-likeness (QED) is 0.699. The Kier molecular flexibility index (Phi) is 4.12. The first-order chi connectivity index (χ1) is 7.11. The van der Waals surface area contributed by atoms with Gasteiger partial charge in [0, 0.05) is 5.69 Å². The molecule has 15 heavy (non-hydrogen) atoms. The van der Waals surface area contributed by atoms with E-state index in [1.54, 1.807) is 6.92 Å². The molecule has 1 atom stereocenters. The molecule has 0 spiro atoms. The predicted octanol–water partition coefficient (Wildman–Crippen LogP) is 0.702. The van der Waals surface area contributed by atoms with E-state index in [0.29, 0.717) is 13.0 Å². The number of nitrogen functional groups attached to an aromatic ring is 1. The second kappa shape index (κ2) is 5.36. The van der Waals surface area contributed by atoms with Crippen molar-refractivity contribution in [1.29, 1.82) is 0 Å². The van der Waals surface area contributed by atoms with Crippen LogP contribution in [0.1, 0.15) is 12.5 Å². The zero-order valence-corrected chi connectivity index (χ0v) is 8.77. The molecule has 1 rings (SSSR count). The number of carbonyl (C=O) groups excluding carboxylic acids is 1. The fourth-order valence-corrected chi connectivity index (χ4v) is 1.19. The number of amides is 1. The summed E-state index contributed by atoms with van der Waals surface area (Å²) in [7, 11) is 0. The molecule has 0 aliphatic carbocycles. The lowest BCUT2D eigenvalue weighted by molar-refractivity contribution is -0.128. The lowest BCUT2D eigenvalue weighted by Crippen LogP contribution is -2.28. The third kappa shape index (κ3) is 3.59. The minimum Gasteiger partial charge on any atom is -0.399 e. The van der Waals surface area contributed by atoms with E-state index in [9.17, 15) is 4.79 Å². The number of rotatable bonds is 5. The molecule has 0 radical (unpaired) electrons. The number of ether oxygens (including phenoxy) is 1. The van der Waals surface area contributed by atoms with Crippen LogP contribution < -0.4 is 11.5 Å². The van der Waals surface area contributed by atoms with Crippen molar-refractivity contribution >= 4 is 11.6 Å². The van der Waals surface area contributed by atoms with Crippen molar-refractivity contribution in [3.05, 3.63) is 29.8 Å². The fourth-order valence-electron chi connectivity index (χ4n) is 1.19. The molecule has 0 aliphatic rings. The van der Waals surface area contributed by atoms with Crippen LogP contribution >= 0.6 is 0 Å². The molecule has 82 valence electrons. The summed E-state index contributed by atoms with van der Waals surface area (Å²) in [5.74, 6) is -0.448. The van der Waals surface area contributed by atoms with E-state index in [2.05, 4.69) is 0 Å². The topological polar surface area (TPSA) is 78.3 Å². The maximum atomic E-state index is 10.7. The maximum Gasteiger partial charge on any atom is 0.246 e. The smallest absolute Gasteiger partial charge is 0.246 e. The van der Waals surface area contributed by atoms with Gasteiger partial charge in [0.1, 0.15) is 6.10 Å². The molecule has 0 fully saturated rings. The van der Waals surface area contributed by atoms with Gasteiger partial charge in [0.05, 0.1) is 6.61 Å². The lowest BCUT2D eigenvalue weighted by Gasteiger charge is -2.10. The highest BCUT2D eigenvalue weighted by atomic mass is 16.5. The van der Waals surface area contributed by atoms with E-state index < -0.39 is 12.0 Å². The predicted molar refractivity (Wildman–Crippen MR) is 59.2 cm³/mol. The normalized spacial score (nSPS) is 12.3. The Bertz CT molecular complexity index is 339. The highest BCUT2D eigenvalue weighted by molar-refractivity contribution is 5.78. The zero-order chi connectivity index (χ0) is 11.3. The Balaban J connectivity index is 2.38. The second-order valence-electron chi connectivity index (χ2n) is 3.36. The van der Waals surface area contributed by atoms with Crippen molar-refractivity contribution in [2.24, 2.45) is 5.73 Å². The van der Waals surface area contributed by atoms with Gasteiger partial charge in [0.2, 0.25) is 5.91 Å². The van der Waals surface area contributed by atoms with E-state index in [1.807, 2.05) is 24.3 Å². The highest BCUT2D eigenvalue weighted by Crippen LogP contribution is 2.11. The molecule has 0 aromatic heterocycles. The van der Waals surface area contributed by atoms with Crippen LogP contribution in [0.25, 0.3) is 0 Å². The molecule has 0 heterocycles. The fraction of sp³-hybridized carbons (Fsp3) is 0.364. The number of anilines is 1. The largest absolute Gasteiger partial charge is 0.399 e. The second-order valence-corrected chi connectivity index (χ2v) is 3.36. The molecule has 1 aromatic carbocycles. The number of hydrogen-bond donors (Lipinski definition) is 2. The van der Waals surface area contributed by atoms with Gasteiger partial charge >= 0.3 is 0 Å². The van der Waals surface area contributed by atoms with Crippen molar-refractivity contribution in [2.45, 2.75) is 19.4 Å². The molecular weight excluding hydrogens is 192 g/mol. The van der Waals surface area contributed by atoms with E-state index in [4.69, 9.17) is 16.2 Å². The van der Waals surface area contributed by atoms with Crippen LogP contribution in [0.2, 0.25) is 0 Å². The monoisotopic (exact) mass is 208 g/mol. The van der Waals surface area contributed by atoms with Crippen molar-refractivity contribution in [3.8, 4) is 0 Å². The molecule has 0 saturated heterocycles. The van der Waals surface area contributed by atoms with Gasteiger partial charge in [-0.1, -0.05) is 18.2 Å². The Morgan fingerprint density at radius 3 is 2.73 bits per heavy atom. The summed E-state index contributed by atoms with van der Waals surface area (Å²) in [4.78, 5) is 10.7. The summed E-state index contributed by atoms with van der Waals surface area (Å²) in [5.41, 5.74) is 12.6. The molecule has 0 bridgehead atoms. The maximum absolute atomic E-state index is 10.7. The molecular formula is C11H16N2O2. The van der Waals surface area contributed by atoms with Crippen LogP contribution in [0.5, 0.6) is 0 Å². The molecule has 1 unspecified atom stereocenters. The van der Waals surface area contributed by atoms with Crippen LogP contribution in [-0.4, -0.2) is 18.6 Å². The SMILES string of the molecule is CC(OCCc1ccccc1N)C(N)=O. The van der Waals surface area contributed by atoms with E-state index >= 15 is 0 Å². The number of primary amides is 1. The minimum absolute atomic E-state index is 0.443. The Morgan fingerprint density at radius 1 is 1.47 bits per heavy atom. The van der Waals surface area contributed by atoms with Gasteiger partial charge < -0.3 is 16.2 Å². The van der Waals surface area contributed by atoms with Crippen LogP contribution in [-0.2, 0) is 16.0 Å². The van der Waals surface area contributed by atoms with Crippen LogP contribution in [0.15, 0.2) is 24.3 Å². The number of benzene rings is 1. The summed E-state index contributed by atoms with van der Waals surface area (Å²) < 4.78 is 5.23. The van der Waals surface area contributed by atoms with Gasteiger partial charge in [-0.05, 0) is 25.0 Å². The van der Waals surface area contributed by atoms with Gasteiger partial charge in [-0.2, -0.15) is 0 Å². The van der Waals surface area contributed by atoms with E-state index in [0.717, 1.165) is 11.3 Å². The minimum atomic E-state index is -0.546. The van der Waals surface area contributed by atoms with Crippen LogP contribution in [0, 0.1) is 0 Å². The molecule has 4 nitrogen and oxygen atoms in total. The average Bonchev–Trinajstić information content (AvgIpc) is 2.20. The molecule has 1 aromatic rings. The summed E-state index contributed by atoms with van der Waals surface area (Å²) in [6.07, 6.45) is 0.138. The van der Waals surface area contributed by atoms with Crippen molar-refractivity contribution in [2.75, 3.05) is 12.3 Å². The van der Waals surface area contributed by atoms with Gasteiger partial charge in [-0.25, -0.2) is 0 Å². The number of hydrogen-bond acceptors (Lipinski definition) is 3. The van der Waals surface area contributed by atoms with Crippen LogP contribution in [0.4, 0.5) is 5.69 Å². The number of carbonyl (C=O) groups is 1. The summed E-state index contributed by atoms with van der Waals surface area (Å²) in [6, 6.07) is 7.58. The molecule has 4 N–H and O–H groups in total. The third-order valence-corrected chi connectivity index (χ3v) is 2.20. The van der Waals surface area contributed by atoms with Gasteiger partial charge in [0.25, 0.3) is 0 Å². The summed E-state index contributed by atoms with van der Waals surface area (Å²) in [5, 5.41) is 0. The van der Waals surface area contributed by atoms with E-state index in [-0.39, 0.29) is 0 Å². The Morgan fingerprint density at radius 2 is 2.13 bits per heavy atom. The zero-order valence-electron chi connectivity index (χ0n) is 8.77. The molecule has 0 aliphatic heterocycles. The number of nitrogens with two attached hydrogens (primary N) is 2. The van der Waals surface area contributed by atoms with Gasteiger partial charge in [0.15, 0.2) is 0 Å². The summed E-state index contributed by atoms with van der Waals surface area (Å²) >= 11 is 0. The van der Waals surface area contributed by atoms with Crippen molar-refractivity contribution in [3.63, 3.8) is 0 Å². The third-order valence-electron chi connectivity index (χ3n) is 2.20. The first kappa shape index (κ1) is 11.5. The van der Waals surface area contributed by atoms with Crippen LogP contribution in [0.3, 0.4) is 0 Å². The van der Waals surface area contributed by atoms with Gasteiger partial charge in [-0.3, -0.25) is 4.79 Å². The molecule has 4 heteroatoms. The first-order valence-electron chi connectivity index (χ1n) is 4.85.